The zero-order valence-corrected chi connectivity index (χ0v) is 8.82. The monoisotopic (exact) mass is 206 g/mol. The third-order valence-electron chi connectivity index (χ3n) is 2.36. The van der Waals surface area contributed by atoms with Crippen molar-refractivity contribution < 1.29 is 9.90 Å². The van der Waals surface area contributed by atoms with Gasteiger partial charge in [-0.15, -0.1) is 0 Å². The second kappa shape index (κ2) is 3.24. The van der Waals surface area contributed by atoms with Crippen LogP contribution in [-0.4, -0.2) is 16.6 Å². The number of phenols is 1. The van der Waals surface area contributed by atoms with E-state index in [1.54, 1.807) is 24.3 Å². The van der Waals surface area contributed by atoms with Crippen molar-refractivity contribution in [3.8, 4) is 5.75 Å². The summed E-state index contributed by atoms with van der Waals surface area (Å²) in [5, 5.41) is 10.7. The minimum absolute atomic E-state index is 0.0469. The van der Waals surface area contributed by atoms with E-state index < -0.39 is 0 Å². The topological polar surface area (TPSA) is 52.6 Å². The Hall–Kier alpha value is -1.55. The van der Waals surface area contributed by atoms with Crippen LogP contribution in [-0.2, 0) is 4.79 Å². The van der Waals surface area contributed by atoms with E-state index in [-0.39, 0.29) is 17.2 Å². The highest BCUT2D eigenvalue weighted by Crippen LogP contribution is 2.25. The smallest absolute Gasteiger partial charge is 0.243 e. The summed E-state index contributed by atoms with van der Waals surface area (Å²) in [6.07, 6.45) is 0.480. The van der Waals surface area contributed by atoms with Crippen LogP contribution in [0.25, 0.3) is 0 Å². The number of carbonyl (C=O) groups is 1. The minimum atomic E-state index is -0.199. The van der Waals surface area contributed by atoms with Crippen LogP contribution in [0, 0.1) is 0 Å². The average Bonchev–Trinajstić information content (AvgIpc) is 2.41. The van der Waals surface area contributed by atoms with Gasteiger partial charge in [0.1, 0.15) is 5.75 Å². The van der Waals surface area contributed by atoms with E-state index in [1.165, 1.54) is 5.01 Å². The van der Waals surface area contributed by atoms with Gasteiger partial charge in [0, 0.05) is 12.0 Å². The maximum absolute atomic E-state index is 11.7. The molecule has 2 rings (SSSR count). The Morgan fingerprint density at radius 2 is 1.93 bits per heavy atom. The average molecular weight is 206 g/mol. The Kier molecular flexibility index (Phi) is 2.16. The van der Waals surface area contributed by atoms with Crippen molar-refractivity contribution in [1.82, 2.24) is 5.43 Å². The number of nitrogens with zero attached hydrogens (tertiary/aromatic N) is 1. The lowest BCUT2D eigenvalue weighted by Gasteiger charge is -2.21. The summed E-state index contributed by atoms with van der Waals surface area (Å²) in [6.45, 7) is 3.95. The van der Waals surface area contributed by atoms with Gasteiger partial charge in [-0.05, 0) is 38.1 Å². The molecular weight excluding hydrogens is 192 g/mol. The van der Waals surface area contributed by atoms with Gasteiger partial charge in [-0.1, -0.05) is 0 Å². The summed E-state index contributed by atoms with van der Waals surface area (Å²) >= 11 is 0. The van der Waals surface area contributed by atoms with E-state index in [9.17, 15) is 4.79 Å². The first kappa shape index (κ1) is 9.98. The largest absolute Gasteiger partial charge is 0.508 e. The van der Waals surface area contributed by atoms with E-state index in [1.807, 2.05) is 13.8 Å². The van der Waals surface area contributed by atoms with Gasteiger partial charge in [-0.2, -0.15) is 0 Å². The number of nitrogens with one attached hydrogen (secondary N) is 1. The van der Waals surface area contributed by atoms with Crippen LogP contribution in [0.1, 0.15) is 20.3 Å². The Labute approximate surface area is 88.5 Å². The van der Waals surface area contributed by atoms with Gasteiger partial charge in [-0.25, -0.2) is 10.4 Å². The maximum atomic E-state index is 11.7. The molecule has 0 atom stereocenters. The highest BCUT2D eigenvalue weighted by molar-refractivity contribution is 5.95. The number of rotatable bonds is 1. The molecule has 1 fully saturated rings. The number of carbonyl (C=O) groups excluding carboxylic acids is 1. The minimum Gasteiger partial charge on any atom is -0.508 e. The van der Waals surface area contributed by atoms with Crippen LogP contribution < -0.4 is 10.4 Å². The summed E-state index contributed by atoms with van der Waals surface area (Å²) in [7, 11) is 0. The fraction of sp³-hybridized carbons (Fsp3) is 0.364. The van der Waals surface area contributed by atoms with Crippen molar-refractivity contribution in [2.75, 3.05) is 5.01 Å². The molecule has 80 valence electrons. The zero-order chi connectivity index (χ0) is 11.1. The van der Waals surface area contributed by atoms with Crippen LogP contribution in [0.4, 0.5) is 5.69 Å². The lowest BCUT2D eigenvalue weighted by molar-refractivity contribution is -0.117. The second-order valence-corrected chi connectivity index (χ2v) is 4.42. The normalized spacial score (nSPS) is 19.6. The van der Waals surface area contributed by atoms with Crippen molar-refractivity contribution in [3.05, 3.63) is 24.3 Å². The summed E-state index contributed by atoms with van der Waals surface area (Å²) < 4.78 is 0. The number of anilines is 1. The standard InChI is InChI=1S/C11H14N2O2/c1-11(2)7-10(15)13(12-11)8-3-5-9(14)6-4-8/h3-6,12,14H,7H2,1-2H3. The van der Waals surface area contributed by atoms with Gasteiger partial charge in [-0.3, -0.25) is 4.79 Å². The molecule has 15 heavy (non-hydrogen) atoms. The summed E-state index contributed by atoms with van der Waals surface area (Å²) in [6, 6.07) is 6.55. The molecule has 0 radical (unpaired) electrons. The molecule has 4 nitrogen and oxygen atoms in total. The lowest BCUT2D eigenvalue weighted by Crippen LogP contribution is -2.42. The van der Waals surface area contributed by atoms with Gasteiger partial charge in [0.05, 0.1) is 5.69 Å². The quantitative estimate of drug-likeness (QED) is 0.730. The molecular formula is C11H14N2O2. The molecule has 1 aromatic carbocycles. The number of hydrogen-bond donors (Lipinski definition) is 2. The second-order valence-electron chi connectivity index (χ2n) is 4.42. The first-order valence-corrected chi connectivity index (χ1v) is 4.88. The molecule has 1 aliphatic rings. The van der Waals surface area contributed by atoms with E-state index in [0.29, 0.717) is 6.42 Å². The van der Waals surface area contributed by atoms with E-state index in [0.717, 1.165) is 5.69 Å². The lowest BCUT2D eigenvalue weighted by atomic mass is 10.0. The van der Waals surface area contributed by atoms with Crippen LogP contribution in [0.15, 0.2) is 24.3 Å². The number of phenolic OH excluding ortho intramolecular Hbond substituents is 1. The Bertz CT molecular complexity index is 384. The molecule has 0 aliphatic carbocycles. The molecule has 0 bridgehead atoms. The SMILES string of the molecule is CC1(C)CC(=O)N(c2ccc(O)cc2)N1. The van der Waals surface area contributed by atoms with Gasteiger partial charge in [0.15, 0.2) is 0 Å². The summed E-state index contributed by atoms with van der Waals surface area (Å²) in [5.41, 5.74) is 3.67. The first-order valence-electron chi connectivity index (χ1n) is 4.88. The number of hydrogen-bond acceptors (Lipinski definition) is 3. The van der Waals surface area contributed by atoms with E-state index in [4.69, 9.17) is 5.11 Å². The molecule has 1 amide bonds. The van der Waals surface area contributed by atoms with Crippen molar-refractivity contribution >= 4 is 11.6 Å². The molecule has 1 saturated heterocycles. The van der Waals surface area contributed by atoms with E-state index >= 15 is 0 Å². The molecule has 0 saturated carbocycles. The summed E-state index contributed by atoms with van der Waals surface area (Å²) in [5.74, 6) is 0.246. The molecule has 1 heterocycles. The predicted molar refractivity (Wildman–Crippen MR) is 57.4 cm³/mol. The third-order valence-corrected chi connectivity index (χ3v) is 2.36. The van der Waals surface area contributed by atoms with Crippen molar-refractivity contribution in [1.29, 1.82) is 0 Å². The van der Waals surface area contributed by atoms with Gasteiger partial charge in [0.2, 0.25) is 5.91 Å². The third kappa shape index (κ3) is 1.94. The number of amides is 1. The summed E-state index contributed by atoms with van der Waals surface area (Å²) in [4.78, 5) is 11.7. The van der Waals surface area contributed by atoms with Gasteiger partial charge >= 0.3 is 0 Å². The Balaban J connectivity index is 2.25. The van der Waals surface area contributed by atoms with Gasteiger partial charge < -0.3 is 5.11 Å². The number of hydrazine groups is 1. The van der Waals surface area contributed by atoms with Crippen LogP contribution in [0.2, 0.25) is 0 Å². The highest BCUT2D eigenvalue weighted by Gasteiger charge is 2.35. The van der Waals surface area contributed by atoms with Crippen LogP contribution >= 0.6 is 0 Å². The Morgan fingerprint density at radius 3 is 2.40 bits per heavy atom. The fourth-order valence-electron chi connectivity index (χ4n) is 1.67. The molecule has 0 spiro atoms. The number of aromatic hydroxyl groups is 1. The fourth-order valence-corrected chi connectivity index (χ4v) is 1.67. The molecule has 4 heteroatoms. The number of benzene rings is 1. The van der Waals surface area contributed by atoms with Crippen LogP contribution in [0.5, 0.6) is 5.75 Å². The van der Waals surface area contributed by atoms with Crippen molar-refractivity contribution in [2.45, 2.75) is 25.8 Å². The molecule has 1 aliphatic heterocycles. The Morgan fingerprint density at radius 1 is 1.33 bits per heavy atom. The van der Waals surface area contributed by atoms with Crippen LogP contribution in [0.3, 0.4) is 0 Å². The maximum Gasteiger partial charge on any atom is 0.243 e. The molecule has 2 N–H and O–H groups in total. The van der Waals surface area contributed by atoms with E-state index in [2.05, 4.69) is 5.43 Å². The predicted octanol–water partition coefficient (Wildman–Crippen LogP) is 1.41. The van der Waals surface area contributed by atoms with Gasteiger partial charge in [0.25, 0.3) is 0 Å². The highest BCUT2D eigenvalue weighted by atomic mass is 16.3. The first-order chi connectivity index (χ1) is 6.98. The van der Waals surface area contributed by atoms with Crippen molar-refractivity contribution in [3.63, 3.8) is 0 Å². The molecule has 1 aromatic rings. The molecule has 0 aromatic heterocycles. The molecule has 0 unspecified atom stereocenters. The zero-order valence-electron chi connectivity index (χ0n) is 8.82. The van der Waals surface area contributed by atoms with Crippen molar-refractivity contribution in [2.24, 2.45) is 0 Å².